The van der Waals surface area contributed by atoms with Crippen LogP contribution in [-0.2, 0) is 4.74 Å². The van der Waals surface area contributed by atoms with Crippen LogP contribution in [0.15, 0.2) is 24.3 Å². The molecule has 4 atom stereocenters. The smallest absolute Gasteiger partial charge is 0.119 e. The molecule has 0 spiro atoms. The molecule has 3 rings (SSSR count). The maximum absolute atomic E-state index is 6.37. The van der Waals surface area contributed by atoms with Crippen LogP contribution in [0.2, 0.25) is 0 Å². The molecular formula is C17H25NO2S2. The molecule has 22 heavy (non-hydrogen) atoms. The van der Waals surface area contributed by atoms with Gasteiger partial charge in [-0.3, -0.25) is 0 Å². The summed E-state index contributed by atoms with van der Waals surface area (Å²) in [5.41, 5.74) is 1.51. The number of thioether (sulfide) groups is 2. The number of benzene rings is 1. The maximum atomic E-state index is 6.37. The van der Waals surface area contributed by atoms with Crippen molar-refractivity contribution in [2.75, 3.05) is 23.9 Å². The Hall–Kier alpha value is -0.520. The van der Waals surface area contributed by atoms with E-state index in [4.69, 9.17) is 9.47 Å². The van der Waals surface area contributed by atoms with Crippen molar-refractivity contribution in [3.8, 4) is 5.75 Å². The zero-order valence-corrected chi connectivity index (χ0v) is 14.9. The molecule has 0 amide bonds. The van der Waals surface area contributed by atoms with E-state index in [9.17, 15) is 0 Å². The molecule has 122 valence electrons. The summed E-state index contributed by atoms with van der Waals surface area (Å²) in [7, 11) is 1.70. The Balaban J connectivity index is 1.74. The van der Waals surface area contributed by atoms with E-state index in [1.54, 1.807) is 7.11 Å². The number of rotatable bonds is 5. The fraction of sp³-hybridized carbons (Fsp3) is 0.647. The fourth-order valence-corrected chi connectivity index (χ4v) is 6.13. The van der Waals surface area contributed by atoms with Gasteiger partial charge in [0.2, 0.25) is 0 Å². The van der Waals surface area contributed by atoms with Crippen molar-refractivity contribution >= 4 is 29.2 Å². The predicted octanol–water partition coefficient (Wildman–Crippen LogP) is 4.24. The third-order valence-corrected chi connectivity index (χ3v) is 7.09. The van der Waals surface area contributed by atoms with Crippen LogP contribution in [0.3, 0.4) is 0 Å². The van der Waals surface area contributed by atoms with Crippen LogP contribution in [0, 0.1) is 0 Å². The lowest BCUT2D eigenvalue weighted by Crippen LogP contribution is -2.37. The van der Waals surface area contributed by atoms with E-state index in [0.29, 0.717) is 22.8 Å². The molecule has 0 radical (unpaired) electrons. The summed E-state index contributed by atoms with van der Waals surface area (Å²) in [5.74, 6) is 3.37. The summed E-state index contributed by atoms with van der Waals surface area (Å²) in [6.07, 6.45) is 3.90. The summed E-state index contributed by atoms with van der Waals surface area (Å²) in [5, 5.41) is 4.29. The monoisotopic (exact) mass is 339 g/mol. The number of anilines is 1. The summed E-state index contributed by atoms with van der Waals surface area (Å²) in [6.45, 7) is 2.24. The average molecular weight is 340 g/mol. The van der Waals surface area contributed by atoms with Gasteiger partial charge in [-0.15, -0.1) is 11.8 Å². The van der Waals surface area contributed by atoms with Gasteiger partial charge in [0.1, 0.15) is 11.2 Å². The second-order valence-electron chi connectivity index (χ2n) is 5.79. The average Bonchev–Trinajstić information content (AvgIpc) is 2.72. The summed E-state index contributed by atoms with van der Waals surface area (Å²) >= 11 is 4.09. The molecule has 1 aromatic carbocycles. The second-order valence-corrected chi connectivity index (χ2v) is 8.28. The fourth-order valence-electron chi connectivity index (χ4n) is 3.10. The topological polar surface area (TPSA) is 30.5 Å². The molecular weight excluding hydrogens is 314 g/mol. The lowest BCUT2D eigenvalue weighted by atomic mass is 10.1. The van der Waals surface area contributed by atoms with Crippen LogP contribution in [0.25, 0.3) is 0 Å². The van der Waals surface area contributed by atoms with E-state index in [1.165, 1.54) is 24.3 Å². The van der Waals surface area contributed by atoms with Crippen molar-refractivity contribution in [3.05, 3.63) is 24.3 Å². The SMILES string of the molecule is CCC[C@H]1O[C@@H]2SCCCS[C@H]2[C@H]1Nc1ccc(OC)cc1. The van der Waals surface area contributed by atoms with Gasteiger partial charge in [-0.05, 0) is 48.6 Å². The molecule has 0 aliphatic carbocycles. The molecule has 0 unspecified atom stereocenters. The molecule has 1 N–H and O–H groups in total. The van der Waals surface area contributed by atoms with Crippen LogP contribution in [-0.4, -0.2) is 41.4 Å². The van der Waals surface area contributed by atoms with Gasteiger partial charge < -0.3 is 14.8 Å². The quantitative estimate of drug-likeness (QED) is 0.867. The van der Waals surface area contributed by atoms with Crippen molar-refractivity contribution < 1.29 is 9.47 Å². The van der Waals surface area contributed by atoms with Gasteiger partial charge in [-0.1, -0.05) is 13.3 Å². The second kappa shape index (κ2) is 7.84. The first-order valence-electron chi connectivity index (χ1n) is 8.11. The minimum Gasteiger partial charge on any atom is -0.497 e. The molecule has 5 heteroatoms. The number of methoxy groups -OCH3 is 1. The predicted molar refractivity (Wildman–Crippen MR) is 97.3 cm³/mol. The molecule has 0 bridgehead atoms. The van der Waals surface area contributed by atoms with Crippen molar-refractivity contribution in [2.24, 2.45) is 0 Å². The number of fused-ring (bicyclic) bond motifs is 1. The highest BCUT2D eigenvalue weighted by molar-refractivity contribution is 8.04. The normalized spacial score (nSPS) is 31.4. The lowest BCUT2D eigenvalue weighted by molar-refractivity contribution is 0.0826. The van der Waals surface area contributed by atoms with Gasteiger partial charge in [0.15, 0.2) is 0 Å². The molecule has 2 aliphatic rings. The first-order chi connectivity index (χ1) is 10.8. The Kier molecular flexibility index (Phi) is 5.83. The van der Waals surface area contributed by atoms with E-state index < -0.39 is 0 Å². The molecule has 1 aromatic rings. The molecule has 2 fully saturated rings. The van der Waals surface area contributed by atoms with Crippen molar-refractivity contribution in [1.82, 2.24) is 0 Å². The Morgan fingerprint density at radius 2 is 2.00 bits per heavy atom. The number of nitrogens with one attached hydrogen (secondary N) is 1. The van der Waals surface area contributed by atoms with Crippen LogP contribution >= 0.6 is 23.5 Å². The highest BCUT2D eigenvalue weighted by atomic mass is 32.2. The maximum Gasteiger partial charge on any atom is 0.119 e. The van der Waals surface area contributed by atoms with Crippen molar-refractivity contribution in [2.45, 2.75) is 49.0 Å². The van der Waals surface area contributed by atoms with Gasteiger partial charge in [0.05, 0.1) is 24.5 Å². The minimum absolute atomic E-state index is 0.320. The van der Waals surface area contributed by atoms with Crippen molar-refractivity contribution in [1.29, 1.82) is 0 Å². The standard InChI is InChI=1S/C17H25NO2S2/c1-3-5-14-15(16-17(20-14)22-11-4-10-21-16)18-12-6-8-13(19-2)9-7-12/h6-9,14-18H,3-5,10-11H2,1-2H3/t14-,15+,16+,17-/m1/s1. The van der Waals surface area contributed by atoms with Gasteiger partial charge >= 0.3 is 0 Å². The van der Waals surface area contributed by atoms with Crippen LogP contribution in [0.5, 0.6) is 5.75 Å². The molecule has 3 nitrogen and oxygen atoms in total. The summed E-state index contributed by atoms with van der Waals surface area (Å²) in [4.78, 5) is 0. The van der Waals surface area contributed by atoms with Gasteiger partial charge in [0, 0.05) is 5.69 Å². The molecule has 2 aliphatic heterocycles. The molecule has 2 saturated heterocycles. The zero-order chi connectivity index (χ0) is 15.4. The van der Waals surface area contributed by atoms with E-state index in [0.717, 1.165) is 17.9 Å². The Labute approximate surface area is 141 Å². The molecule has 2 heterocycles. The Morgan fingerprint density at radius 1 is 1.23 bits per heavy atom. The minimum atomic E-state index is 0.320. The summed E-state index contributed by atoms with van der Waals surface area (Å²) in [6, 6.07) is 8.63. The first-order valence-corrected chi connectivity index (χ1v) is 10.2. The third kappa shape index (κ3) is 3.69. The Morgan fingerprint density at radius 3 is 2.73 bits per heavy atom. The third-order valence-electron chi connectivity index (χ3n) is 4.21. The summed E-state index contributed by atoms with van der Waals surface area (Å²) < 4.78 is 11.6. The highest BCUT2D eigenvalue weighted by Crippen LogP contribution is 2.42. The van der Waals surface area contributed by atoms with E-state index in [1.807, 2.05) is 23.9 Å². The zero-order valence-electron chi connectivity index (χ0n) is 13.3. The number of hydrogen-bond acceptors (Lipinski definition) is 5. The highest BCUT2D eigenvalue weighted by Gasteiger charge is 2.45. The molecule has 0 aromatic heterocycles. The Bertz CT molecular complexity index is 468. The van der Waals surface area contributed by atoms with Gasteiger partial charge in [-0.25, -0.2) is 0 Å². The van der Waals surface area contributed by atoms with Gasteiger partial charge in [-0.2, -0.15) is 11.8 Å². The van der Waals surface area contributed by atoms with Crippen LogP contribution < -0.4 is 10.1 Å². The molecule has 0 saturated carbocycles. The van der Waals surface area contributed by atoms with Gasteiger partial charge in [0.25, 0.3) is 0 Å². The number of ether oxygens (including phenoxy) is 2. The largest absolute Gasteiger partial charge is 0.497 e. The lowest BCUT2D eigenvalue weighted by Gasteiger charge is -2.25. The number of hydrogen-bond donors (Lipinski definition) is 1. The first kappa shape index (κ1) is 16.3. The van der Waals surface area contributed by atoms with E-state index in [2.05, 4.69) is 36.1 Å². The van der Waals surface area contributed by atoms with Crippen molar-refractivity contribution in [3.63, 3.8) is 0 Å². The van der Waals surface area contributed by atoms with E-state index in [-0.39, 0.29) is 0 Å². The van der Waals surface area contributed by atoms with Crippen LogP contribution in [0.1, 0.15) is 26.2 Å². The van der Waals surface area contributed by atoms with Crippen LogP contribution in [0.4, 0.5) is 5.69 Å². The van der Waals surface area contributed by atoms with E-state index >= 15 is 0 Å².